The zero-order valence-corrected chi connectivity index (χ0v) is 15.8. The Morgan fingerprint density at radius 3 is 2.43 bits per heavy atom. The first-order valence-electron chi connectivity index (χ1n) is 8.02. The highest BCUT2D eigenvalue weighted by Crippen LogP contribution is 2.18. The summed E-state index contributed by atoms with van der Waals surface area (Å²) < 4.78 is 5.04. The Morgan fingerprint density at radius 2 is 1.89 bits per heavy atom. The van der Waals surface area contributed by atoms with Gasteiger partial charge in [-0.2, -0.15) is 16.7 Å². The highest BCUT2D eigenvalue weighted by Gasteiger charge is 2.28. The van der Waals surface area contributed by atoms with Gasteiger partial charge in [-0.05, 0) is 18.4 Å². The summed E-state index contributed by atoms with van der Waals surface area (Å²) in [5.41, 5.74) is 11.1. The van der Waals surface area contributed by atoms with E-state index in [2.05, 4.69) is 15.5 Å². The van der Waals surface area contributed by atoms with Gasteiger partial charge in [-0.3, -0.25) is 9.59 Å². The smallest absolute Gasteiger partial charge is 0.326 e. The molecular weight excluding hydrogens is 396 g/mol. The normalized spacial score (nSPS) is 13.9. The number of rotatable bonds is 12. The molecule has 1 unspecified atom stereocenters. The van der Waals surface area contributed by atoms with Crippen LogP contribution in [0.3, 0.4) is 0 Å². The number of aliphatic carboxylic acids is 2. The van der Waals surface area contributed by atoms with Crippen LogP contribution in [-0.2, 0) is 14.4 Å². The molecule has 0 aliphatic rings. The van der Waals surface area contributed by atoms with E-state index in [9.17, 15) is 19.2 Å². The fraction of sp³-hybridized carbons (Fsp3) is 0.571. The molecule has 13 nitrogen and oxygen atoms in total. The molecule has 1 aromatic heterocycles. The van der Waals surface area contributed by atoms with Crippen LogP contribution in [0.25, 0.3) is 0 Å². The van der Waals surface area contributed by atoms with E-state index in [1.54, 1.807) is 11.8 Å². The van der Waals surface area contributed by atoms with E-state index < -0.39 is 54.8 Å². The minimum Gasteiger partial charge on any atom is -0.481 e. The van der Waals surface area contributed by atoms with Crippen LogP contribution in [0.1, 0.15) is 43.1 Å². The Hall–Kier alpha value is -2.87. The van der Waals surface area contributed by atoms with Gasteiger partial charge < -0.3 is 36.8 Å². The van der Waals surface area contributed by atoms with Crippen LogP contribution in [0, 0.1) is 0 Å². The molecule has 0 fully saturated rings. The Bertz CT molecular complexity index is 712. The molecule has 0 bridgehead atoms. The van der Waals surface area contributed by atoms with Crippen LogP contribution in [0.2, 0.25) is 0 Å². The van der Waals surface area contributed by atoms with E-state index >= 15 is 0 Å². The highest BCUT2D eigenvalue weighted by molar-refractivity contribution is 7.98. The second-order valence-electron chi connectivity index (χ2n) is 5.71. The Morgan fingerprint density at radius 1 is 1.21 bits per heavy atom. The van der Waals surface area contributed by atoms with Gasteiger partial charge in [0.2, 0.25) is 11.8 Å². The molecule has 0 aliphatic carbocycles. The molecule has 14 heteroatoms. The van der Waals surface area contributed by atoms with Gasteiger partial charge in [-0.25, -0.2) is 9.59 Å². The molecule has 0 saturated heterocycles. The Labute approximate surface area is 163 Å². The lowest BCUT2D eigenvalue weighted by Crippen LogP contribution is -2.48. The third-order valence-electron chi connectivity index (χ3n) is 3.41. The fourth-order valence-electron chi connectivity index (χ4n) is 2.05. The predicted molar refractivity (Wildman–Crippen MR) is 96.1 cm³/mol. The van der Waals surface area contributed by atoms with Crippen molar-refractivity contribution in [2.24, 2.45) is 11.5 Å². The Kier molecular flexibility index (Phi) is 9.17. The topological polar surface area (TPSA) is 224 Å². The Balaban J connectivity index is 2.86. The molecule has 0 radical (unpaired) electrons. The maximum absolute atomic E-state index is 12.0. The molecule has 156 valence electrons. The summed E-state index contributed by atoms with van der Waals surface area (Å²) in [6.45, 7) is 0. The van der Waals surface area contributed by atoms with Crippen LogP contribution >= 0.6 is 11.8 Å². The minimum absolute atomic E-state index is 0.145. The molecule has 0 spiro atoms. The van der Waals surface area contributed by atoms with Crippen LogP contribution < -0.4 is 22.1 Å². The summed E-state index contributed by atoms with van der Waals surface area (Å²) in [4.78, 5) is 49.1. The molecule has 3 amide bonds. The molecule has 3 atom stereocenters. The van der Waals surface area contributed by atoms with E-state index in [0.29, 0.717) is 6.42 Å². The van der Waals surface area contributed by atoms with Gasteiger partial charge in [-0.1, -0.05) is 5.16 Å². The van der Waals surface area contributed by atoms with Crippen molar-refractivity contribution in [1.29, 1.82) is 0 Å². The van der Waals surface area contributed by atoms with Crippen molar-refractivity contribution in [2.75, 3.05) is 12.0 Å². The lowest BCUT2D eigenvalue weighted by molar-refractivity contribution is -0.145. The van der Waals surface area contributed by atoms with Crippen molar-refractivity contribution in [1.82, 2.24) is 20.8 Å². The van der Waals surface area contributed by atoms with Crippen molar-refractivity contribution in [3.8, 4) is 0 Å². The third kappa shape index (κ3) is 7.79. The highest BCUT2D eigenvalue weighted by atomic mass is 32.2. The first kappa shape index (κ1) is 23.2. The second-order valence-corrected chi connectivity index (χ2v) is 6.69. The number of carbonyl (C=O) groups is 4. The van der Waals surface area contributed by atoms with Crippen molar-refractivity contribution in [3.05, 3.63) is 11.7 Å². The number of urea groups is 1. The zero-order valence-electron chi connectivity index (χ0n) is 15.0. The average molecular weight is 418 g/mol. The van der Waals surface area contributed by atoms with E-state index in [1.807, 2.05) is 11.6 Å². The number of primary amides is 1. The van der Waals surface area contributed by atoms with Gasteiger partial charge >= 0.3 is 18.0 Å². The van der Waals surface area contributed by atoms with E-state index in [1.165, 1.54) is 0 Å². The average Bonchev–Trinajstić information content (AvgIpc) is 3.07. The van der Waals surface area contributed by atoms with Crippen LogP contribution in [0.4, 0.5) is 4.79 Å². The van der Waals surface area contributed by atoms with Crippen molar-refractivity contribution in [2.45, 2.75) is 37.4 Å². The van der Waals surface area contributed by atoms with E-state index in [4.69, 9.17) is 26.2 Å². The lowest BCUT2D eigenvalue weighted by Gasteiger charge is -2.17. The van der Waals surface area contributed by atoms with E-state index in [0.717, 1.165) is 5.75 Å². The number of carboxylic acids is 2. The third-order valence-corrected chi connectivity index (χ3v) is 4.06. The molecule has 8 N–H and O–H groups in total. The van der Waals surface area contributed by atoms with Gasteiger partial charge in [0.1, 0.15) is 12.1 Å². The largest absolute Gasteiger partial charge is 0.481 e. The van der Waals surface area contributed by atoms with Gasteiger partial charge in [0.25, 0.3) is 0 Å². The molecule has 0 aliphatic heterocycles. The van der Waals surface area contributed by atoms with Gasteiger partial charge in [-0.15, -0.1) is 0 Å². The summed E-state index contributed by atoms with van der Waals surface area (Å²) in [7, 11) is 0. The number of thioether (sulfide) groups is 1. The summed E-state index contributed by atoms with van der Waals surface area (Å²) in [5, 5.41) is 25.6. The number of amides is 3. The SMILES string of the molecule is CSCC[C@H](N)c1noc([C@H](CC(N)=O)NC(=O)NC(CC(=O)O)C(=O)O)n1. The first-order chi connectivity index (χ1) is 13.1. The van der Waals surface area contributed by atoms with Gasteiger partial charge in [0, 0.05) is 0 Å². The number of carboxylic acid groups (broad SMARTS) is 2. The number of carbonyl (C=O) groups excluding carboxylic acids is 2. The fourth-order valence-corrected chi connectivity index (χ4v) is 2.54. The maximum Gasteiger partial charge on any atom is 0.326 e. The summed E-state index contributed by atoms with van der Waals surface area (Å²) in [5.74, 6) is -2.96. The number of nitrogens with two attached hydrogens (primary N) is 2. The monoisotopic (exact) mass is 418 g/mol. The molecule has 1 rings (SSSR count). The van der Waals surface area contributed by atoms with Crippen molar-refractivity contribution in [3.63, 3.8) is 0 Å². The molecular formula is C14H22N6O7S. The molecule has 28 heavy (non-hydrogen) atoms. The predicted octanol–water partition coefficient (Wildman–Crippen LogP) is -1.03. The van der Waals surface area contributed by atoms with Crippen LogP contribution in [-0.4, -0.2) is 62.3 Å². The number of hydrogen-bond acceptors (Lipinski definition) is 9. The number of nitrogens with zero attached hydrogens (tertiary/aromatic N) is 2. The van der Waals surface area contributed by atoms with Crippen LogP contribution in [0.5, 0.6) is 0 Å². The van der Waals surface area contributed by atoms with Crippen LogP contribution in [0.15, 0.2) is 4.52 Å². The van der Waals surface area contributed by atoms with Crippen molar-refractivity contribution < 1.29 is 33.9 Å². The minimum atomic E-state index is -1.68. The molecule has 1 heterocycles. The maximum atomic E-state index is 12.0. The molecule has 0 aromatic carbocycles. The first-order valence-corrected chi connectivity index (χ1v) is 9.41. The number of aromatic nitrogens is 2. The summed E-state index contributed by atoms with van der Waals surface area (Å²) >= 11 is 1.58. The quantitative estimate of drug-likeness (QED) is 0.240. The summed E-state index contributed by atoms with van der Waals surface area (Å²) in [6, 6.07) is -4.39. The zero-order chi connectivity index (χ0) is 21.3. The van der Waals surface area contributed by atoms with E-state index in [-0.39, 0.29) is 11.7 Å². The number of nitrogens with one attached hydrogen (secondary N) is 2. The summed E-state index contributed by atoms with van der Waals surface area (Å²) in [6.07, 6.45) is 1.24. The molecule has 0 saturated carbocycles. The van der Waals surface area contributed by atoms with Gasteiger partial charge in [0.05, 0.1) is 18.9 Å². The second kappa shape index (κ2) is 11.1. The molecule has 1 aromatic rings. The van der Waals surface area contributed by atoms with Crippen molar-refractivity contribution >= 4 is 35.6 Å². The van der Waals surface area contributed by atoms with Gasteiger partial charge in [0.15, 0.2) is 5.82 Å². The standard InChI is InChI=1S/C14H22N6O7S/c1-28-3-2-6(15)11-19-12(27-20-11)7(4-9(16)21)17-14(26)18-8(13(24)25)5-10(22)23/h6-8H,2-5,15H2,1H3,(H2,16,21)(H,22,23)(H,24,25)(H2,17,18,26)/t6-,7-,8?/m0/s1. The lowest BCUT2D eigenvalue weighted by atomic mass is 10.2. The number of hydrogen-bond donors (Lipinski definition) is 6.